The van der Waals surface area contributed by atoms with Crippen LogP contribution < -0.4 is 19.5 Å². The predicted octanol–water partition coefficient (Wildman–Crippen LogP) is 4.00. The highest BCUT2D eigenvalue weighted by Gasteiger charge is 2.21. The quantitative estimate of drug-likeness (QED) is 0.676. The molecule has 4 rings (SSSR count). The first-order chi connectivity index (χ1) is 16.1. The Balaban J connectivity index is 1.54. The molecule has 0 aliphatic carbocycles. The summed E-state index contributed by atoms with van der Waals surface area (Å²) in [6.07, 6.45) is 8.97. The SMILES string of the molecule is COc1ccc(/C=C/C(=O)N/C(=C\c2ccc3c(c2)OCO3)C(=O)N2CCCCCC2)cc1. The van der Waals surface area contributed by atoms with Gasteiger partial charge in [-0.2, -0.15) is 0 Å². The van der Waals surface area contributed by atoms with Crippen LogP contribution in [-0.2, 0) is 9.59 Å². The third-order valence-corrected chi connectivity index (χ3v) is 5.63. The summed E-state index contributed by atoms with van der Waals surface area (Å²) in [4.78, 5) is 27.8. The number of ether oxygens (including phenoxy) is 3. The van der Waals surface area contributed by atoms with Crippen molar-refractivity contribution in [1.82, 2.24) is 10.2 Å². The van der Waals surface area contributed by atoms with Gasteiger partial charge in [0.2, 0.25) is 12.7 Å². The molecule has 7 nitrogen and oxygen atoms in total. The fraction of sp³-hybridized carbons (Fsp3) is 0.308. The van der Waals surface area contributed by atoms with Gasteiger partial charge in [-0.25, -0.2) is 0 Å². The molecule has 0 saturated carbocycles. The standard InChI is InChI=1S/C26H28N2O5/c1-31-21-10-6-19(7-11-21)9-13-25(29)27-22(26(30)28-14-4-2-3-5-15-28)16-20-8-12-23-24(17-20)33-18-32-23/h6-13,16-17H,2-5,14-15,18H2,1H3,(H,27,29)/b13-9+,22-16-. The highest BCUT2D eigenvalue weighted by molar-refractivity contribution is 6.04. The largest absolute Gasteiger partial charge is 0.497 e. The van der Waals surface area contributed by atoms with Gasteiger partial charge in [-0.1, -0.05) is 31.0 Å². The summed E-state index contributed by atoms with van der Waals surface area (Å²) >= 11 is 0. The molecular weight excluding hydrogens is 420 g/mol. The van der Waals surface area contributed by atoms with Crippen molar-refractivity contribution >= 4 is 24.0 Å². The van der Waals surface area contributed by atoms with Crippen LogP contribution in [-0.4, -0.2) is 43.7 Å². The minimum Gasteiger partial charge on any atom is -0.497 e. The average Bonchev–Trinajstić information content (AvgIpc) is 3.13. The number of hydrogen-bond acceptors (Lipinski definition) is 5. The number of hydrogen-bond donors (Lipinski definition) is 1. The van der Waals surface area contributed by atoms with Crippen LogP contribution in [0.1, 0.15) is 36.8 Å². The molecule has 2 amide bonds. The molecule has 0 unspecified atom stereocenters. The van der Waals surface area contributed by atoms with Gasteiger partial charge < -0.3 is 24.4 Å². The van der Waals surface area contributed by atoms with Crippen molar-refractivity contribution in [2.45, 2.75) is 25.7 Å². The fourth-order valence-electron chi connectivity index (χ4n) is 3.83. The number of methoxy groups -OCH3 is 1. The van der Waals surface area contributed by atoms with E-state index in [1.165, 1.54) is 6.08 Å². The number of nitrogens with zero attached hydrogens (tertiary/aromatic N) is 1. The van der Waals surface area contributed by atoms with Crippen LogP contribution in [0.4, 0.5) is 0 Å². The van der Waals surface area contributed by atoms with Crippen molar-refractivity contribution in [2.24, 2.45) is 0 Å². The van der Waals surface area contributed by atoms with E-state index in [1.807, 2.05) is 35.2 Å². The zero-order valence-corrected chi connectivity index (χ0v) is 18.7. The molecule has 2 aromatic rings. The van der Waals surface area contributed by atoms with Gasteiger partial charge in [-0.05, 0) is 60.4 Å². The average molecular weight is 449 g/mol. The summed E-state index contributed by atoms with van der Waals surface area (Å²) in [6, 6.07) is 12.8. The molecule has 0 bridgehead atoms. The molecule has 2 aliphatic heterocycles. The summed E-state index contributed by atoms with van der Waals surface area (Å²) in [5.74, 6) is 1.48. The summed E-state index contributed by atoms with van der Waals surface area (Å²) in [5, 5.41) is 2.79. The second kappa shape index (κ2) is 10.7. The number of amides is 2. The van der Waals surface area contributed by atoms with E-state index < -0.39 is 0 Å². The lowest BCUT2D eigenvalue weighted by Crippen LogP contribution is -2.38. The van der Waals surface area contributed by atoms with Crippen molar-refractivity contribution in [1.29, 1.82) is 0 Å². The Kier molecular flexibility index (Phi) is 7.29. The molecule has 7 heteroatoms. The fourth-order valence-corrected chi connectivity index (χ4v) is 3.83. The lowest BCUT2D eigenvalue weighted by molar-refractivity contribution is -0.128. The molecule has 2 heterocycles. The molecule has 1 saturated heterocycles. The molecule has 1 fully saturated rings. The van der Waals surface area contributed by atoms with Crippen molar-refractivity contribution < 1.29 is 23.8 Å². The Morgan fingerprint density at radius 2 is 1.64 bits per heavy atom. The van der Waals surface area contributed by atoms with Gasteiger partial charge in [0.25, 0.3) is 5.91 Å². The Bertz CT molecular complexity index is 1050. The third-order valence-electron chi connectivity index (χ3n) is 5.63. The van der Waals surface area contributed by atoms with Crippen LogP contribution in [0.5, 0.6) is 17.2 Å². The van der Waals surface area contributed by atoms with Crippen LogP contribution in [0.2, 0.25) is 0 Å². The van der Waals surface area contributed by atoms with E-state index in [-0.39, 0.29) is 24.3 Å². The minimum absolute atomic E-state index is 0.176. The zero-order chi connectivity index (χ0) is 23.0. The predicted molar refractivity (Wildman–Crippen MR) is 126 cm³/mol. The zero-order valence-electron chi connectivity index (χ0n) is 18.7. The van der Waals surface area contributed by atoms with E-state index in [0.717, 1.165) is 42.6 Å². The van der Waals surface area contributed by atoms with E-state index in [0.29, 0.717) is 24.6 Å². The van der Waals surface area contributed by atoms with Gasteiger partial charge in [0.1, 0.15) is 11.4 Å². The maximum Gasteiger partial charge on any atom is 0.270 e. The first kappa shape index (κ1) is 22.5. The van der Waals surface area contributed by atoms with Crippen molar-refractivity contribution in [3.63, 3.8) is 0 Å². The molecule has 172 valence electrons. The topological polar surface area (TPSA) is 77.1 Å². The monoisotopic (exact) mass is 448 g/mol. The maximum atomic E-state index is 13.3. The molecule has 33 heavy (non-hydrogen) atoms. The number of carbonyl (C=O) groups is 2. The lowest BCUT2D eigenvalue weighted by Gasteiger charge is -2.22. The molecule has 0 spiro atoms. The second-order valence-electron chi connectivity index (χ2n) is 7.97. The smallest absolute Gasteiger partial charge is 0.270 e. The summed E-state index contributed by atoms with van der Waals surface area (Å²) in [7, 11) is 1.60. The highest BCUT2D eigenvalue weighted by atomic mass is 16.7. The Labute approximate surface area is 193 Å². The van der Waals surface area contributed by atoms with Gasteiger partial charge in [-0.15, -0.1) is 0 Å². The maximum absolute atomic E-state index is 13.3. The minimum atomic E-state index is -0.374. The van der Waals surface area contributed by atoms with E-state index in [2.05, 4.69) is 5.32 Å². The first-order valence-electron chi connectivity index (χ1n) is 11.2. The normalized spacial score (nSPS) is 15.9. The third kappa shape index (κ3) is 5.94. The van der Waals surface area contributed by atoms with Crippen LogP contribution in [0.25, 0.3) is 12.2 Å². The van der Waals surface area contributed by atoms with Crippen LogP contribution in [0.3, 0.4) is 0 Å². The molecule has 0 atom stereocenters. The van der Waals surface area contributed by atoms with Crippen LogP contribution in [0, 0.1) is 0 Å². The van der Waals surface area contributed by atoms with Gasteiger partial charge in [0, 0.05) is 19.2 Å². The number of benzene rings is 2. The van der Waals surface area contributed by atoms with E-state index in [4.69, 9.17) is 14.2 Å². The van der Waals surface area contributed by atoms with Crippen LogP contribution >= 0.6 is 0 Å². The van der Waals surface area contributed by atoms with Gasteiger partial charge in [-0.3, -0.25) is 9.59 Å². The summed E-state index contributed by atoms with van der Waals surface area (Å²) in [5.41, 5.74) is 1.84. The van der Waals surface area contributed by atoms with E-state index in [9.17, 15) is 9.59 Å². The number of carbonyl (C=O) groups excluding carboxylic acids is 2. The van der Waals surface area contributed by atoms with Crippen LogP contribution in [0.15, 0.2) is 54.2 Å². The number of likely N-dealkylation sites (tertiary alicyclic amines) is 1. The van der Waals surface area contributed by atoms with Gasteiger partial charge in [0.05, 0.1) is 7.11 Å². The molecule has 0 aromatic heterocycles. The molecule has 2 aromatic carbocycles. The van der Waals surface area contributed by atoms with Crippen molar-refractivity contribution in [2.75, 3.05) is 27.0 Å². The van der Waals surface area contributed by atoms with Crippen molar-refractivity contribution in [3.05, 3.63) is 65.4 Å². The first-order valence-corrected chi connectivity index (χ1v) is 11.2. The number of rotatable bonds is 6. The summed E-state index contributed by atoms with van der Waals surface area (Å²) < 4.78 is 16.0. The Hall–Kier alpha value is -3.74. The molecule has 2 aliphatic rings. The van der Waals surface area contributed by atoms with E-state index in [1.54, 1.807) is 31.4 Å². The van der Waals surface area contributed by atoms with Gasteiger partial charge >= 0.3 is 0 Å². The second-order valence-corrected chi connectivity index (χ2v) is 7.97. The summed E-state index contributed by atoms with van der Waals surface area (Å²) in [6.45, 7) is 1.55. The Morgan fingerprint density at radius 3 is 2.36 bits per heavy atom. The molecule has 1 N–H and O–H groups in total. The van der Waals surface area contributed by atoms with E-state index >= 15 is 0 Å². The van der Waals surface area contributed by atoms with Crippen molar-refractivity contribution in [3.8, 4) is 17.2 Å². The molecular formula is C26H28N2O5. The lowest BCUT2D eigenvalue weighted by atomic mass is 10.1. The molecule has 0 radical (unpaired) electrons. The number of fused-ring (bicyclic) bond motifs is 1. The Morgan fingerprint density at radius 1 is 0.939 bits per heavy atom. The highest BCUT2D eigenvalue weighted by Crippen LogP contribution is 2.33. The number of nitrogens with one attached hydrogen (secondary N) is 1. The van der Waals surface area contributed by atoms with Gasteiger partial charge in [0.15, 0.2) is 11.5 Å².